The zero-order valence-corrected chi connectivity index (χ0v) is 10.9. The minimum absolute atomic E-state index is 0.0711. The Kier molecular flexibility index (Phi) is 5.77. The van der Waals surface area contributed by atoms with Crippen molar-refractivity contribution in [2.75, 3.05) is 12.3 Å². The second-order valence-electron chi connectivity index (χ2n) is 4.31. The van der Waals surface area contributed by atoms with Crippen molar-refractivity contribution in [2.45, 2.75) is 46.1 Å². The molecule has 0 aromatic heterocycles. The lowest BCUT2D eigenvalue weighted by Gasteiger charge is -2.29. The molecule has 0 saturated heterocycles. The summed E-state index contributed by atoms with van der Waals surface area (Å²) in [5, 5.41) is 9.99. The fourth-order valence-corrected chi connectivity index (χ4v) is 2.40. The molecule has 0 aromatic carbocycles. The molecule has 0 fully saturated rings. The van der Waals surface area contributed by atoms with Gasteiger partial charge in [-0.05, 0) is 19.3 Å². The van der Waals surface area contributed by atoms with Gasteiger partial charge in [-0.1, -0.05) is 27.2 Å². The zero-order valence-electron chi connectivity index (χ0n) is 10.1. The molecular formula is C10H23NO3S. The van der Waals surface area contributed by atoms with Crippen molar-refractivity contribution < 1.29 is 13.5 Å². The monoisotopic (exact) mass is 237 g/mol. The van der Waals surface area contributed by atoms with Crippen LogP contribution >= 0.6 is 0 Å². The van der Waals surface area contributed by atoms with E-state index in [1.165, 1.54) is 0 Å². The first-order chi connectivity index (χ1) is 6.75. The van der Waals surface area contributed by atoms with E-state index in [1.807, 2.05) is 20.8 Å². The largest absolute Gasteiger partial charge is 0.389 e. The Bertz CT molecular complexity index is 272. The Morgan fingerprint density at radius 3 is 2.33 bits per heavy atom. The molecule has 2 unspecified atom stereocenters. The molecule has 0 aromatic rings. The summed E-state index contributed by atoms with van der Waals surface area (Å²) in [6.45, 7) is 7.44. The lowest BCUT2D eigenvalue weighted by molar-refractivity contribution is 0.0102. The normalized spacial score (nSPS) is 18.5. The number of nitrogens with one attached hydrogen (secondary N) is 1. The maximum absolute atomic E-state index is 11.4. The van der Waals surface area contributed by atoms with Crippen molar-refractivity contribution in [3.8, 4) is 0 Å². The molecule has 0 aliphatic rings. The van der Waals surface area contributed by atoms with Gasteiger partial charge in [0.2, 0.25) is 10.0 Å². The fraction of sp³-hybridized carbons (Fsp3) is 1.00. The molecule has 0 aliphatic heterocycles. The summed E-state index contributed by atoms with van der Waals surface area (Å²) >= 11 is 0. The van der Waals surface area contributed by atoms with E-state index in [4.69, 9.17) is 0 Å². The number of sulfonamides is 1. The molecule has 2 N–H and O–H groups in total. The van der Waals surface area contributed by atoms with Crippen molar-refractivity contribution in [1.82, 2.24) is 4.72 Å². The molecule has 0 spiro atoms. The minimum Gasteiger partial charge on any atom is -0.389 e. The molecular weight excluding hydrogens is 214 g/mol. The van der Waals surface area contributed by atoms with Gasteiger partial charge in [-0.3, -0.25) is 0 Å². The number of hydrogen-bond acceptors (Lipinski definition) is 3. The molecule has 92 valence electrons. The molecule has 4 nitrogen and oxygen atoms in total. The van der Waals surface area contributed by atoms with Gasteiger partial charge >= 0.3 is 0 Å². The molecule has 0 bridgehead atoms. The molecule has 0 heterocycles. The fourth-order valence-electron chi connectivity index (χ4n) is 1.21. The van der Waals surface area contributed by atoms with Gasteiger partial charge in [0.1, 0.15) is 0 Å². The number of aliphatic hydroxyl groups is 1. The van der Waals surface area contributed by atoms with Crippen LogP contribution in [0.5, 0.6) is 0 Å². The smallest absolute Gasteiger partial charge is 0.211 e. The second-order valence-corrected chi connectivity index (χ2v) is 6.23. The van der Waals surface area contributed by atoms with Crippen LogP contribution in [-0.2, 0) is 10.0 Å². The van der Waals surface area contributed by atoms with Gasteiger partial charge in [-0.2, -0.15) is 0 Å². The molecule has 15 heavy (non-hydrogen) atoms. The van der Waals surface area contributed by atoms with Gasteiger partial charge in [-0.25, -0.2) is 13.1 Å². The Labute approximate surface area is 93.1 Å². The minimum atomic E-state index is -3.22. The first kappa shape index (κ1) is 14.9. The SMILES string of the molecule is CCCS(=O)(=O)NCC(C)(O)C(C)CC. The van der Waals surface area contributed by atoms with E-state index < -0.39 is 15.6 Å². The van der Waals surface area contributed by atoms with Crippen LogP contribution in [0.25, 0.3) is 0 Å². The van der Waals surface area contributed by atoms with E-state index in [9.17, 15) is 13.5 Å². The molecule has 0 radical (unpaired) electrons. The molecule has 2 atom stereocenters. The molecule has 5 heteroatoms. The number of rotatable bonds is 7. The van der Waals surface area contributed by atoms with E-state index in [0.29, 0.717) is 6.42 Å². The maximum atomic E-state index is 11.4. The molecule has 0 amide bonds. The van der Waals surface area contributed by atoms with Gasteiger partial charge in [0, 0.05) is 6.54 Å². The average Bonchev–Trinajstić information content (AvgIpc) is 2.14. The average molecular weight is 237 g/mol. The van der Waals surface area contributed by atoms with Crippen molar-refractivity contribution >= 4 is 10.0 Å². The molecule has 0 aliphatic carbocycles. The predicted octanol–water partition coefficient (Wildman–Crippen LogP) is 1.11. The van der Waals surface area contributed by atoms with Crippen LogP contribution in [0.4, 0.5) is 0 Å². The van der Waals surface area contributed by atoms with E-state index in [1.54, 1.807) is 6.92 Å². The molecule has 0 rings (SSSR count). The lowest BCUT2D eigenvalue weighted by Crippen LogP contribution is -2.45. The van der Waals surface area contributed by atoms with Crippen LogP contribution < -0.4 is 4.72 Å². The summed E-state index contributed by atoms with van der Waals surface area (Å²) in [5.74, 6) is 0.186. The van der Waals surface area contributed by atoms with E-state index in [-0.39, 0.29) is 18.2 Å². The van der Waals surface area contributed by atoms with Crippen LogP contribution in [-0.4, -0.2) is 31.4 Å². The van der Waals surface area contributed by atoms with Crippen molar-refractivity contribution in [3.63, 3.8) is 0 Å². The van der Waals surface area contributed by atoms with Gasteiger partial charge < -0.3 is 5.11 Å². The number of hydrogen-bond donors (Lipinski definition) is 2. The van der Waals surface area contributed by atoms with Gasteiger partial charge in [0.05, 0.1) is 11.4 Å². The van der Waals surface area contributed by atoms with Crippen LogP contribution in [0.3, 0.4) is 0 Å². The zero-order chi connectivity index (χ0) is 12.1. The van der Waals surface area contributed by atoms with Gasteiger partial charge in [0.15, 0.2) is 0 Å². The highest BCUT2D eigenvalue weighted by Gasteiger charge is 2.28. The first-order valence-corrected chi connectivity index (χ1v) is 7.10. The van der Waals surface area contributed by atoms with Crippen LogP contribution in [0, 0.1) is 5.92 Å². The van der Waals surface area contributed by atoms with E-state index in [0.717, 1.165) is 6.42 Å². The third kappa shape index (κ3) is 5.49. The van der Waals surface area contributed by atoms with Gasteiger partial charge in [-0.15, -0.1) is 0 Å². The highest BCUT2D eigenvalue weighted by molar-refractivity contribution is 7.89. The molecule has 0 saturated carbocycles. The summed E-state index contributed by atoms with van der Waals surface area (Å²) in [4.78, 5) is 0. The Morgan fingerprint density at radius 2 is 1.93 bits per heavy atom. The summed E-state index contributed by atoms with van der Waals surface area (Å²) < 4.78 is 25.2. The summed E-state index contributed by atoms with van der Waals surface area (Å²) in [5.41, 5.74) is -0.977. The predicted molar refractivity (Wildman–Crippen MR) is 62.2 cm³/mol. The summed E-state index contributed by atoms with van der Waals surface area (Å²) in [6.07, 6.45) is 1.41. The highest BCUT2D eigenvalue weighted by atomic mass is 32.2. The summed E-state index contributed by atoms with van der Waals surface area (Å²) in [7, 11) is -3.22. The second kappa shape index (κ2) is 5.82. The van der Waals surface area contributed by atoms with Crippen LogP contribution in [0.15, 0.2) is 0 Å². The topological polar surface area (TPSA) is 66.4 Å². The van der Waals surface area contributed by atoms with Crippen molar-refractivity contribution in [3.05, 3.63) is 0 Å². The van der Waals surface area contributed by atoms with E-state index in [2.05, 4.69) is 4.72 Å². The maximum Gasteiger partial charge on any atom is 0.211 e. The third-order valence-corrected chi connectivity index (χ3v) is 4.33. The highest BCUT2D eigenvalue weighted by Crippen LogP contribution is 2.19. The summed E-state index contributed by atoms with van der Waals surface area (Å²) in [6, 6.07) is 0. The van der Waals surface area contributed by atoms with Gasteiger partial charge in [0.25, 0.3) is 0 Å². The third-order valence-electron chi connectivity index (χ3n) is 2.80. The van der Waals surface area contributed by atoms with E-state index >= 15 is 0 Å². The quantitative estimate of drug-likeness (QED) is 0.697. The van der Waals surface area contributed by atoms with Crippen molar-refractivity contribution in [2.24, 2.45) is 5.92 Å². The van der Waals surface area contributed by atoms with Crippen LogP contribution in [0.2, 0.25) is 0 Å². The standard InChI is InChI=1S/C10H23NO3S/c1-5-7-15(13,14)11-8-10(4,12)9(3)6-2/h9,11-12H,5-8H2,1-4H3. The lowest BCUT2D eigenvalue weighted by atomic mass is 9.89. The van der Waals surface area contributed by atoms with Crippen LogP contribution in [0.1, 0.15) is 40.5 Å². The first-order valence-electron chi connectivity index (χ1n) is 5.45. The Morgan fingerprint density at radius 1 is 1.40 bits per heavy atom. The van der Waals surface area contributed by atoms with Crippen molar-refractivity contribution in [1.29, 1.82) is 0 Å². The Hall–Kier alpha value is -0.130. The Balaban J connectivity index is 4.26.